The van der Waals surface area contributed by atoms with Crippen LogP contribution in [0.4, 0.5) is 0 Å². The molecule has 0 heterocycles. The highest BCUT2D eigenvalue weighted by Gasteiger charge is 2.15. The number of hydrogen-bond acceptors (Lipinski definition) is 4. The van der Waals surface area contributed by atoms with Crippen molar-refractivity contribution < 1.29 is 0 Å². The second kappa shape index (κ2) is 7.85. The van der Waals surface area contributed by atoms with Gasteiger partial charge in [-0.1, -0.05) is 27.7 Å². The molecular formula is C12H28N2S2. The number of hydrogen-bond donors (Lipinski definition) is 4. The van der Waals surface area contributed by atoms with Crippen LogP contribution in [0.2, 0.25) is 0 Å². The van der Waals surface area contributed by atoms with Crippen molar-refractivity contribution in [3.63, 3.8) is 0 Å². The van der Waals surface area contributed by atoms with Gasteiger partial charge in [-0.2, -0.15) is 25.3 Å². The van der Waals surface area contributed by atoms with E-state index in [1.54, 1.807) is 0 Å². The maximum absolute atomic E-state index is 4.33. The molecule has 0 saturated carbocycles. The van der Waals surface area contributed by atoms with Crippen molar-refractivity contribution in [1.82, 2.24) is 10.6 Å². The van der Waals surface area contributed by atoms with Crippen molar-refractivity contribution in [3.8, 4) is 0 Å². The predicted molar refractivity (Wildman–Crippen MR) is 81.0 cm³/mol. The number of nitrogens with one attached hydrogen (secondary N) is 2. The van der Waals surface area contributed by atoms with Gasteiger partial charge in [0.05, 0.1) is 0 Å². The van der Waals surface area contributed by atoms with E-state index < -0.39 is 0 Å². The van der Waals surface area contributed by atoms with E-state index in [4.69, 9.17) is 0 Å². The van der Waals surface area contributed by atoms with Gasteiger partial charge in [-0.3, -0.25) is 0 Å². The molecule has 0 rings (SSSR count). The van der Waals surface area contributed by atoms with Crippen LogP contribution >= 0.6 is 25.3 Å². The van der Waals surface area contributed by atoms with Crippen LogP contribution in [-0.4, -0.2) is 37.7 Å². The molecular weight excluding hydrogens is 236 g/mol. The summed E-state index contributed by atoms with van der Waals surface area (Å²) in [5.74, 6) is 1.83. The highest BCUT2D eigenvalue weighted by atomic mass is 32.1. The second-order valence-electron chi connectivity index (χ2n) is 6.00. The summed E-state index contributed by atoms with van der Waals surface area (Å²) in [4.78, 5) is 0. The van der Waals surface area contributed by atoms with Crippen LogP contribution in [-0.2, 0) is 0 Å². The van der Waals surface area contributed by atoms with E-state index in [-0.39, 0.29) is 10.8 Å². The fourth-order valence-corrected chi connectivity index (χ4v) is 1.37. The summed E-state index contributed by atoms with van der Waals surface area (Å²) in [7, 11) is 0. The van der Waals surface area contributed by atoms with E-state index in [0.29, 0.717) is 0 Å². The zero-order valence-electron chi connectivity index (χ0n) is 11.1. The van der Waals surface area contributed by atoms with Gasteiger partial charge in [0, 0.05) is 26.2 Å². The van der Waals surface area contributed by atoms with Gasteiger partial charge in [-0.15, -0.1) is 0 Å². The lowest BCUT2D eigenvalue weighted by atomic mass is 9.96. The SMILES string of the molecule is CC(C)(CS)CNCCNCC(C)(C)CS. The molecule has 2 nitrogen and oxygen atoms in total. The highest BCUT2D eigenvalue weighted by Crippen LogP contribution is 2.15. The van der Waals surface area contributed by atoms with E-state index in [2.05, 4.69) is 63.6 Å². The van der Waals surface area contributed by atoms with Crippen LogP contribution in [0.15, 0.2) is 0 Å². The largest absolute Gasteiger partial charge is 0.315 e. The summed E-state index contributed by atoms with van der Waals surface area (Å²) >= 11 is 8.66. The fourth-order valence-electron chi connectivity index (χ4n) is 1.14. The quantitative estimate of drug-likeness (QED) is 0.379. The van der Waals surface area contributed by atoms with Crippen molar-refractivity contribution in [2.45, 2.75) is 27.7 Å². The Morgan fingerprint density at radius 3 is 1.31 bits per heavy atom. The maximum Gasteiger partial charge on any atom is 0.00769 e. The van der Waals surface area contributed by atoms with Crippen molar-refractivity contribution in [3.05, 3.63) is 0 Å². The molecule has 0 aliphatic heterocycles. The number of thiol groups is 2. The highest BCUT2D eigenvalue weighted by molar-refractivity contribution is 7.80. The Hall–Kier alpha value is 0.620. The van der Waals surface area contributed by atoms with Crippen LogP contribution in [0.3, 0.4) is 0 Å². The molecule has 0 aliphatic carbocycles. The van der Waals surface area contributed by atoms with Crippen molar-refractivity contribution in [1.29, 1.82) is 0 Å². The van der Waals surface area contributed by atoms with Gasteiger partial charge in [0.1, 0.15) is 0 Å². The van der Waals surface area contributed by atoms with Gasteiger partial charge < -0.3 is 10.6 Å². The van der Waals surface area contributed by atoms with E-state index in [0.717, 1.165) is 37.7 Å². The van der Waals surface area contributed by atoms with E-state index in [1.807, 2.05) is 0 Å². The van der Waals surface area contributed by atoms with E-state index in [9.17, 15) is 0 Å². The molecule has 0 fully saturated rings. The Labute approximate surface area is 112 Å². The van der Waals surface area contributed by atoms with Crippen LogP contribution in [0, 0.1) is 10.8 Å². The minimum absolute atomic E-state index is 0.285. The summed E-state index contributed by atoms with van der Waals surface area (Å²) in [5.41, 5.74) is 0.570. The van der Waals surface area contributed by atoms with E-state index in [1.165, 1.54) is 0 Å². The minimum atomic E-state index is 0.285. The van der Waals surface area contributed by atoms with Gasteiger partial charge in [0.25, 0.3) is 0 Å². The smallest absolute Gasteiger partial charge is 0.00769 e. The molecule has 0 atom stereocenters. The first kappa shape index (κ1) is 16.6. The fraction of sp³-hybridized carbons (Fsp3) is 1.00. The standard InChI is InChI=1S/C12H28N2S2/c1-11(2,9-15)7-13-5-6-14-8-12(3,4)10-16/h13-16H,5-10H2,1-4H3. The van der Waals surface area contributed by atoms with Crippen LogP contribution < -0.4 is 10.6 Å². The number of rotatable bonds is 9. The lowest BCUT2D eigenvalue weighted by Crippen LogP contribution is -2.38. The van der Waals surface area contributed by atoms with Gasteiger partial charge in [-0.05, 0) is 22.3 Å². The van der Waals surface area contributed by atoms with Gasteiger partial charge >= 0.3 is 0 Å². The first-order valence-corrected chi connectivity index (χ1v) is 7.23. The summed E-state index contributed by atoms with van der Waals surface area (Å²) in [6.07, 6.45) is 0. The Kier molecular flexibility index (Phi) is 8.16. The summed E-state index contributed by atoms with van der Waals surface area (Å²) in [6.45, 7) is 13.0. The molecule has 16 heavy (non-hydrogen) atoms. The molecule has 0 radical (unpaired) electrons. The predicted octanol–water partition coefficient (Wildman–Crippen LogP) is 2.08. The van der Waals surface area contributed by atoms with Crippen molar-refractivity contribution in [2.24, 2.45) is 10.8 Å². The third-order valence-corrected chi connectivity index (χ3v) is 4.25. The molecule has 0 bridgehead atoms. The minimum Gasteiger partial charge on any atom is -0.315 e. The first-order valence-electron chi connectivity index (χ1n) is 5.96. The molecule has 0 unspecified atom stereocenters. The Balaban J connectivity index is 3.42. The Bertz CT molecular complexity index is 162. The molecule has 0 spiro atoms. The summed E-state index contributed by atoms with van der Waals surface area (Å²) in [6, 6.07) is 0. The molecule has 0 aromatic rings. The van der Waals surface area contributed by atoms with Crippen molar-refractivity contribution >= 4 is 25.3 Å². The molecule has 4 heteroatoms. The van der Waals surface area contributed by atoms with Crippen LogP contribution in [0.25, 0.3) is 0 Å². The molecule has 0 amide bonds. The second-order valence-corrected chi connectivity index (χ2v) is 6.63. The topological polar surface area (TPSA) is 24.1 Å². The molecule has 0 saturated heterocycles. The molecule has 0 aromatic carbocycles. The zero-order valence-corrected chi connectivity index (χ0v) is 12.9. The van der Waals surface area contributed by atoms with Gasteiger partial charge in [-0.25, -0.2) is 0 Å². The molecule has 98 valence electrons. The lowest BCUT2D eigenvalue weighted by molar-refractivity contribution is 0.369. The normalized spacial score (nSPS) is 13.1. The first-order chi connectivity index (χ1) is 7.33. The van der Waals surface area contributed by atoms with Gasteiger partial charge in [0.15, 0.2) is 0 Å². The Morgan fingerprint density at radius 2 is 1.06 bits per heavy atom. The average molecular weight is 265 g/mol. The molecule has 2 N–H and O–H groups in total. The zero-order chi connectivity index (χ0) is 12.7. The lowest BCUT2D eigenvalue weighted by Gasteiger charge is -2.24. The van der Waals surface area contributed by atoms with Crippen LogP contribution in [0.5, 0.6) is 0 Å². The molecule has 0 aliphatic rings. The van der Waals surface area contributed by atoms with Crippen molar-refractivity contribution in [2.75, 3.05) is 37.7 Å². The average Bonchev–Trinajstić information content (AvgIpc) is 2.23. The molecule has 0 aromatic heterocycles. The maximum atomic E-state index is 4.33. The van der Waals surface area contributed by atoms with Gasteiger partial charge in [0.2, 0.25) is 0 Å². The Morgan fingerprint density at radius 1 is 0.750 bits per heavy atom. The third-order valence-electron chi connectivity index (χ3n) is 2.54. The van der Waals surface area contributed by atoms with Crippen LogP contribution in [0.1, 0.15) is 27.7 Å². The summed E-state index contributed by atoms with van der Waals surface area (Å²) in [5, 5.41) is 6.90. The monoisotopic (exact) mass is 264 g/mol. The van der Waals surface area contributed by atoms with E-state index >= 15 is 0 Å². The summed E-state index contributed by atoms with van der Waals surface area (Å²) < 4.78 is 0. The third kappa shape index (κ3) is 8.74.